The molecule has 2 amide bonds. The Kier molecular flexibility index (Phi) is 3.68. The van der Waals surface area contributed by atoms with Gasteiger partial charge in [-0.1, -0.05) is 18.2 Å². The Morgan fingerprint density at radius 1 is 1.21 bits per heavy atom. The first-order chi connectivity index (χ1) is 13.9. The maximum Gasteiger partial charge on any atom is 0.257 e. The van der Waals surface area contributed by atoms with Gasteiger partial charge in [-0.3, -0.25) is 19.0 Å². The number of hydrogen-bond donors (Lipinski definition) is 1. The lowest BCUT2D eigenvalue weighted by Gasteiger charge is -2.33. The summed E-state index contributed by atoms with van der Waals surface area (Å²) >= 11 is 0. The summed E-state index contributed by atoms with van der Waals surface area (Å²) in [5.74, 6) is -0.177. The molecule has 5 rings (SSSR count). The number of carbonyl (C=O) groups excluding carboxylic acids is 2. The zero-order chi connectivity index (χ0) is 20.3. The van der Waals surface area contributed by atoms with Crippen molar-refractivity contribution in [3.63, 3.8) is 0 Å². The van der Waals surface area contributed by atoms with E-state index in [-0.39, 0.29) is 11.8 Å². The van der Waals surface area contributed by atoms with Crippen LogP contribution in [0.15, 0.2) is 42.9 Å². The molecular formula is C21H22N6O2. The highest BCUT2D eigenvalue weighted by Crippen LogP contribution is 2.54. The number of likely N-dealkylation sites (tertiary alicyclic amines) is 1. The predicted molar refractivity (Wildman–Crippen MR) is 106 cm³/mol. The Morgan fingerprint density at radius 2 is 2.00 bits per heavy atom. The SMILES string of the molecule is Cc1nn(C)cc1C(=O)N1CC[C@]2(C(=O)Nc3ccccc32)[C@@H]1c1cnn(C)c1. The molecule has 148 valence electrons. The van der Waals surface area contributed by atoms with Gasteiger partial charge in [0.25, 0.3) is 5.91 Å². The summed E-state index contributed by atoms with van der Waals surface area (Å²) in [4.78, 5) is 28.7. The van der Waals surface area contributed by atoms with Gasteiger partial charge in [0.05, 0.1) is 23.5 Å². The van der Waals surface area contributed by atoms with Crippen molar-refractivity contribution in [3.05, 3.63) is 65.2 Å². The maximum atomic E-state index is 13.5. The summed E-state index contributed by atoms with van der Waals surface area (Å²) in [5, 5.41) is 11.7. The Labute approximate surface area is 168 Å². The van der Waals surface area contributed by atoms with Crippen LogP contribution in [-0.2, 0) is 24.3 Å². The molecule has 8 nitrogen and oxygen atoms in total. The maximum absolute atomic E-state index is 13.5. The number of amides is 2. The lowest BCUT2D eigenvalue weighted by Crippen LogP contribution is -2.42. The Bertz CT molecular complexity index is 1150. The van der Waals surface area contributed by atoms with Gasteiger partial charge in [0.2, 0.25) is 5.91 Å². The van der Waals surface area contributed by atoms with Gasteiger partial charge in [0.15, 0.2) is 0 Å². The Balaban J connectivity index is 1.67. The van der Waals surface area contributed by atoms with Crippen LogP contribution in [0.1, 0.15) is 39.6 Å². The lowest BCUT2D eigenvalue weighted by molar-refractivity contribution is -0.121. The normalized spacial score (nSPS) is 22.9. The fourth-order valence-electron chi connectivity index (χ4n) is 4.91. The van der Waals surface area contributed by atoms with E-state index in [1.165, 1.54) is 0 Å². The number of hydrogen-bond acceptors (Lipinski definition) is 4. The standard InChI is InChI=1S/C21H22N6O2/c1-13-15(12-26(3)24-13)19(28)27-9-8-21(18(27)14-10-22-25(2)11-14)16-6-4-5-7-17(16)23-20(21)29/h4-7,10-12,18H,8-9H2,1-3H3,(H,23,29)/t18-,21+/m0/s1. The van der Waals surface area contributed by atoms with E-state index in [4.69, 9.17) is 0 Å². The highest BCUT2D eigenvalue weighted by molar-refractivity contribution is 6.08. The van der Waals surface area contributed by atoms with E-state index in [2.05, 4.69) is 15.5 Å². The number of anilines is 1. The summed E-state index contributed by atoms with van der Waals surface area (Å²) < 4.78 is 3.35. The molecule has 0 radical (unpaired) electrons. The number of carbonyl (C=O) groups is 2. The van der Waals surface area contributed by atoms with Crippen molar-refractivity contribution in [1.29, 1.82) is 0 Å². The van der Waals surface area contributed by atoms with Crippen LogP contribution in [0, 0.1) is 6.92 Å². The van der Waals surface area contributed by atoms with Gasteiger partial charge < -0.3 is 10.2 Å². The summed E-state index contributed by atoms with van der Waals surface area (Å²) in [5.41, 5.74) is 3.03. The Morgan fingerprint density at radius 3 is 2.69 bits per heavy atom. The second-order valence-electron chi connectivity index (χ2n) is 7.87. The van der Waals surface area contributed by atoms with Crippen molar-refractivity contribution in [2.24, 2.45) is 14.1 Å². The highest BCUT2D eigenvalue weighted by atomic mass is 16.2. The van der Waals surface area contributed by atoms with Crippen LogP contribution in [0.2, 0.25) is 0 Å². The van der Waals surface area contributed by atoms with Crippen LogP contribution in [0.4, 0.5) is 5.69 Å². The first-order valence-electron chi connectivity index (χ1n) is 9.62. The third kappa shape index (κ3) is 2.38. The van der Waals surface area contributed by atoms with Crippen molar-refractivity contribution >= 4 is 17.5 Å². The van der Waals surface area contributed by atoms with E-state index in [0.29, 0.717) is 24.2 Å². The number of fused-ring (bicyclic) bond motifs is 2. The average Bonchev–Trinajstić information content (AvgIpc) is 3.43. The summed E-state index contributed by atoms with van der Waals surface area (Å²) in [6.07, 6.45) is 5.94. The minimum atomic E-state index is -0.828. The molecule has 0 unspecified atom stereocenters. The van der Waals surface area contributed by atoms with Gasteiger partial charge in [-0.2, -0.15) is 10.2 Å². The molecule has 1 fully saturated rings. The topological polar surface area (TPSA) is 85.1 Å². The van der Waals surface area contributed by atoms with Crippen LogP contribution in [-0.4, -0.2) is 42.8 Å². The van der Waals surface area contributed by atoms with E-state index in [1.807, 2.05) is 49.3 Å². The minimum absolute atomic E-state index is 0.0641. The first-order valence-corrected chi connectivity index (χ1v) is 9.62. The summed E-state index contributed by atoms with van der Waals surface area (Å²) in [6.45, 7) is 2.31. The number of aryl methyl sites for hydroxylation is 3. The van der Waals surface area contributed by atoms with E-state index < -0.39 is 11.5 Å². The molecule has 29 heavy (non-hydrogen) atoms. The van der Waals surface area contributed by atoms with E-state index >= 15 is 0 Å². The largest absolute Gasteiger partial charge is 0.330 e. The number of benzene rings is 1. The lowest BCUT2D eigenvalue weighted by atomic mass is 9.73. The molecule has 0 saturated carbocycles. The van der Waals surface area contributed by atoms with Crippen molar-refractivity contribution < 1.29 is 9.59 Å². The molecular weight excluding hydrogens is 368 g/mol. The number of nitrogens with one attached hydrogen (secondary N) is 1. The number of para-hydroxylation sites is 1. The second kappa shape index (κ2) is 6.04. The van der Waals surface area contributed by atoms with Gasteiger partial charge in [-0.05, 0) is 25.0 Å². The van der Waals surface area contributed by atoms with Crippen LogP contribution in [0.25, 0.3) is 0 Å². The monoisotopic (exact) mass is 390 g/mol. The third-order valence-corrected chi connectivity index (χ3v) is 6.13. The highest BCUT2D eigenvalue weighted by Gasteiger charge is 2.59. The Hall–Kier alpha value is -3.42. The molecule has 0 bridgehead atoms. The van der Waals surface area contributed by atoms with E-state index in [9.17, 15) is 9.59 Å². The predicted octanol–water partition coefficient (Wildman–Crippen LogP) is 1.94. The average molecular weight is 390 g/mol. The third-order valence-electron chi connectivity index (χ3n) is 6.13. The number of aromatic nitrogens is 4. The zero-order valence-electron chi connectivity index (χ0n) is 16.6. The fourth-order valence-corrected chi connectivity index (χ4v) is 4.91. The molecule has 2 atom stereocenters. The summed E-state index contributed by atoms with van der Waals surface area (Å²) in [6, 6.07) is 7.31. The van der Waals surface area contributed by atoms with Crippen LogP contribution in [0.3, 0.4) is 0 Å². The van der Waals surface area contributed by atoms with Crippen LogP contribution >= 0.6 is 0 Å². The van der Waals surface area contributed by atoms with Gasteiger partial charge in [-0.15, -0.1) is 0 Å². The quantitative estimate of drug-likeness (QED) is 0.725. The van der Waals surface area contributed by atoms with Gasteiger partial charge in [-0.25, -0.2) is 0 Å². The van der Waals surface area contributed by atoms with Gasteiger partial charge >= 0.3 is 0 Å². The summed E-state index contributed by atoms with van der Waals surface area (Å²) in [7, 11) is 3.64. The molecule has 2 aliphatic rings. The molecule has 2 aromatic heterocycles. The minimum Gasteiger partial charge on any atom is -0.330 e. The smallest absolute Gasteiger partial charge is 0.257 e. The van der Waals surface area contributed by atoms with Crippen LogP contribution < -0.4 is 5.32 Å². The zero-order valence-corrected chi connectivity index (χ0v) is 16.6. The molecule has 2 aliphatic heterocycles. The van der Waals surface area contributed by atoms with E-state index in [0.717, 1.165) is 16.8 Å². The second-order valence-corrected chi connectivity index (χ2v) is 7.87. The molecule has 3 aromatic rings. The van der Waals surface area contributed by atoms with Crippen molar-refractivity contribution in [2.45, 2.75) is 24.8 Å². The molecule has 0 aliphatic carbocycles. The van der Waals surface area contributed by atoms with Gasteiger partial charge in [0, 0.05) is 44.3 Å². The van der Waals surface area contributed by atoms with Crippen molar-refractivity contribution in [3.8, 4) is 0 Å². The molecule has 1 spiro atoms. The number of nitrogens with zero attached hydrogens (tertiary/aromatic N) is 5. The number of rotatable bonds is 2. The molecule has 1 N–H and O–H groups in total. The first kappa shape index (κ1) is 17.7. The van der Waals surface area contributed by atoms with Gasteiger partial charge in [0.1, 0.15) is 5.41 Å². The van der Waals surface area contributed by atoms with Crippen molar-refractivity contribution in [2.75, 3.05) is 11.9 Å². The molecule has 4 heterocycles. The molecule has 1 aromatic carbocycles. The van der Waals surface area contributed by atoms with Crippen LogP contribution in [0.5, 0.6) is 0 Å². The molecule has 1 saturated heterocycles. The van der Waals surface area contributed by atoms with Crippen molar-refractivity contribution in [1.82, 2.24) is 24.5 Å². The molecule has 8 heteroatoms. The fraction of sp³-hybridized carbons (Fsp3) is 0.333. The van der Waals surface area contributed by atoms with E-state index in [1.54, 1.807) is 28.8 Å².